The summed E-state index contributed by atoms with van der Waals surface area (Å²) in [5, 5.41) is 2.39. The largest absolute Gasteiger partial charge is 0.485 e. The minimum absolute atomic E-state index is 0.0333. The number of alkyl halides is 4. The Labute approximate surface area is 159 Å². The number of anilines is 1. The van der Waals surface area contributed by atoms with Crippen LogP contribution in [0.2, 0.25) is 0 Å². The Hall–Kier alpha value is -2.62. The summed E-state index contributed by atoms with van der Waals surface area (Å²) in [6, 6.07) is 9.54. The Balaban J connectivity index is 2.28. The van der Waals surface area contributed by atoms with E-state index in [1.165, 1.54) is 12.1 Å². The van der Waals surface area contributed by atoms with Crippen molar-refractivity contribution in [1.29, 1.82) is 0 Å². The molecule has 0 aromatic heterocycles. The highest BCUT2D eigenvalue weighted by Gasteiger charge is 2.41. The lowest BCUT2D eigenvalue weighted by Gasteiger charge is -2.18. The van der Waals surface area contributed by atoms with Crippen molar-refractivity contribution >= 4 is 33.4 Å². The lowest BCUT2D eigenvalue weighted by atomic mass is 10.1. The molecule has 3 N–H and O–H groups in total. The van der Waals surface area contributed by atoms with E-state index in [1.54, 1.807) is 12.1 Å². The van der Waals surface area contributed by atoms with Crippen molar-refractivity contribution in [3.63, 3.8) is 0 Å². The first kappa shape index (κ1) is 20.7. The molecule has 10 heteroatoms. The summed E-state index contributed by atoms with van der Waals surface area (Å²) >= 11 is 3.21. The van der Waals surface area contributed by atoms with Crippen molar-refractivity contribution in [2.45, 2.75) is 12.3 Å². The first-order valence-corrected chi connectivity index (χ1v) is 8.19. The second-order valence-corrected chi connectivity index (χ2v) is 6.30. The van der Waals surface area contributed by atoms with E-state index >= 15 is 0 Å². The maximum Gasteiger partial charge on any atom is 0.340 e. The van der Waals surface area contributed by atoms with Crippen LogP contribution in [0.15, 0.2) is 46.9 Å². The van der Waals surface area contributed by atoms with Crippen LogP contribution in [-0.2, 0) is 0 Å². The van der Waals surface area contributed by atoms with Gasteiger partial charge in [-0.1, -0.05) is 15.9 Å². The third-order valence-corrected chi connectivity index (χ3v) is 3.89. The van der Waals surface area contributed by atoms with Gasteiger partial charge >= 0.3 is 12.3 Å². The molecule has 5 nitrogen and oxygen atoms in total. The molecular formula is C17H13BrF4N2O3. The highest BCUT2D eigenvalue weighted by Crippen LogP contribution is 2.30. The summed E-state index contributed by atoms with van der Waals surface area (Å²) in [5.74, 6) is -6.16. The van der Waals surface area contributed by atoms with Gasteiger partial charge < -0.3 is 15.8 Å². The van der Waals surface area contributed by atoms with Crippen LogP contribution in [0.25, 0.3) is 0 Å². The van der Waals surface area contributed by atoms with E-state index in [0.29, 0.717) is 0 Å². The first-order chi connectivity index (χ1) is 12.6. The van der Waals surface area contributed by atoms with Crippen LogP contribution in [0, 0.1) is 0 Å². The van der Waals surface area contributed by atoms with E-state index in [2.05, 4.69) is 21.2 Å². The van der Waals surface area contributed by atoms with Gasteiger partial charge in [0.25, 0.3) is 5.91 Å². The zero-order chi connectivity index (χ0) is 20.2. The number of carbonyl (C=O) groups excluding carboxylic acids is 2. The number of benzene rings is 2. The quantitative estimate of drug-likeness (QED) is 0.626. The highest BCUT2D eigenvalue weighted by molar-refractivity contribution is 9.10. The predicted molar refractivity (Wildman–Crippen MR) is 93.5 cm³/mol. The smallest absolute Gasteiger partial charge is 0.340 e. The van der Waals surface area contributed by atoms with Crippen LogP contribution < -0.4 is 15.8 Å². The molecule has 2 rings (SSSR count). The summed E-state index contributed by atoms with van der Waals surface area (Å²) in [4.78, 5) is 23.6. The molecule has 0 aliphatic rings. The van der Waals surface area contributed by atoms with Crippen molar-refractivity contribution in [2.75, 3.05) is 11.9 Å². The molecular weight excluding hydrogens is 436 g/mol. The average molecular weight is 449 g/mol. The Kier molecular flexibility index (Phi) is 6.42. The summed E-state index contributed by atoms with van der Waals surface area (Å²) in [6.45, 7) is -1.61. The lowest BCUT2D eigenvalue weighted by molar-refractivity contribution is -0.148. The number of hydrogen-bond donors (Lipinski definition) is 2. The Bertz CT molecular complexity index is 845. The van der Waals surface area contributed by atoms with Crippen molar-refractivity contribution in [3.8, 4) is 5.75 Å². The van der Waals surface area contributed by atoms with Crippen molar-refractivity contribution in [2.24, 2.45) is 5.73 Å². The Morgan fingerprint density at radius 2 is 1.70 bits per heavy atom. The van der Waals surface area contributed by atoms with Crippen LogP contribution in [-0.4, -0.2) is 30.8 Å². The number of rotatable bonds is 7. The van der Waals surface area contributed by atoms with Crippen LogP contribution in [0.5, 0.6) is 5.75 Å². The molecule has 0 aliphatic heterocycles. The third kappa shape index (κ3) is 5.43. The first-order valence-electron chi connectivity index (χ1n) is 7.39. The van der Waals surface area contributed by atoms with E-state index < -0.39 is 30.8 Å². The van der Waals surface area contributed by atoms with Gasteiger partial charge in [0.05, 0.1) is 5.69 Å². The van der Waals surface area contributed by atoms with Crippen LogP contribution in [0.1, 0.15) is 20.7 Å². The molecule has 0 aliphatic carbocycles. The summed E-state index contributed by atoms with van der Waals surface area (Å²) in [5.41, 5.74) is 5.19. The summed E-state index contributed by atoms with van der Waals surface area (Å²) in [6.07, 6.45) is -3.91. The molecule has 0 radical (unpaired) electrons. The van der Waals surface area contributed by atoms with Gasteiger partial charge in [0, 0.05) is 15.6 Å². The van der Waals surface area contributed by atoms with Crippen molar-refractivity contribution in [3.05, 3.63) is 58.1 Å². The van der Waals surface area contributed by atoms with Gasteiger partial charge in [-0.3, -0.25) is 9.59 Å². The monoisotopic (exact) mass is 448 g/mol. The topological polar surface area (TPSA) is 81.4 Å². The van der Waals surface area contributed by atoms with Gasteiger partial charge in [-0.2, -0.15) is 8.78 Å². The minimum Gasteiger partial charge on any atom is -0.485 e. The van der Waals surface area contributed by atoms with Crippen molar-refractivity contribution in [1.82, 2.24) is 0 Å². The standard InChI is InChI=1S/C17H13BrF4N2O3/c18-11-4-1-9(2-5-11)15(26)24-12-7-10(14(23)25)3-6-13(12)27-8-17(21,22)16(19)20/h1-7,16H,8H2,(H2,23,25)(H,24,26). The molecule has 2 amide bonds. The van der Waals surface area contributed by atoms with Gasteiger partial charge in [-0.15, -0.1) is 0 Å². The zero-order valence-electron chi connectivity index (χ0n) is 13.5. The van der Waals surface area contributed by atoms with Crippen molar-refractivity contribution < 1.29 is 31.9 Å². The second-order valence-electron chi connectivity index (χ2n) is 5.39. The molecule has 0 unspecified atom stereocenters. The van der Waals surface area contributed by atoms with Gasteiger partial charge in [0.1, 0.15) is 5.75 Å². The minimum atomic E-state index is -4.38. The number of carbonyl (C=O) groups is 2. The Morgan fingerprint density at radius 1 is 1.11 bits per heavy atom. The fourth-order valence-corrected chi connectivity index (χ4v) is 2.20. The van der Waals surface area contributed by atoms with E-state index in [0.717, 1.165) is 22.7 Å². The van der Waals surface area contributed by atoms with Gasteiger partial charge in [0.15, 0.2) is 6.61 Å². The van der Waals surface area contributed by atoms with E-state index in [9.17, 15) is 27.2 Å². The maximum absolute atomic E-state index is 13.1. The number of amides is 2. The van der Waals surface area contributed by atoms with E-state index in [1.807, 2.05) is 0 Å². The zero-order valence-corrected chi connectivity index (χ0v) is 15.1. The maximum atomic E-state index is 13.1. The molecule has 0 atom stereocenters. The number of halogens is 5. The number of nitrogens with one attached hydrogen (secondary N) is 1. The van der Waals surface area contributed by atoms with Crippen LogP contribution in [0.3, 0.4) is 0 Å². The lowest BCUT2D eigenvalue weighted by Crippen LogP contribution is -2.34. The molecule has 2 aromatic rings. The fraction of sp³-hybridized carbons (Fsp3) is 0.176. The van der Waals surface area contributed by atoms with Gasteiger partial charge in [-0.05, 0) is 42.5 Å². The molecule has 0 heterocycles. The predicted octanol–water partition coefficient (Wildman–Crippen LogP) is 4.08. The number of nitrogens with two attached hydrogens (primary N) is 1. The summed E-state index contributed by atoms with van der Waals surface area (Å²) in [7, 11) is 0. The molecule has 2 aromatic carbocycles. The fourth-order valence-electron chi connectivity index (χ4n) is 1.94. The summed E-state index contributed by atoms with van der Waals surface area (Å²) < 4.78 is 56.2. The molecule has 144 valence electrons. The molecule has 0 bridgehead atoms. The van der Waals surface area contributed by atoms with Crippen LogP contribution >= 0.6 is 15.9 Å². The second kappa shape index (κ2) is 8.38. The third-order valence-electron chi connectivity index (χ3n) is 3.36. The van der Waals surface area contributed by atoms with E-state index in [-0.39, 0.29) is 22.6 Å². The molecule has 27 heavy (non-hydrogen) atoms. The average Bonchev–Trinajstić information content (AvgIpc) is 2.60. The highest BCUT2D eigenvalue weighted by atomic mass is 79.9. The molecule has 0 spiro atoms. The van der Waals surface area contributed by atoms with Gasteiger partial charge in [0.2, 0.25) is 5.91 Å². The van der Waals surface area contributed by atoms with Crippen LogP contribution in [0.4, 0.5) is 23.2 Å². The number of ether oxygens (including phenoxy) is 1. The molecule has 0 saturated carbocycles. The number of hydrogen-bond acceptors (Lipinski definition) is 3. The van der Waals surface area contributed by atoms with Gasteiger partial charge in [-0.25, -0.2) is 8.78 Å². The number of primary amides is 1. The normalized spacial score (nSPS) is 11.3. The van der Waals surface area contributed by atoms with E-state index in [4.69, 9.17) is 10.5 Å². The molecule has 0 saturated heterocycles. The Morgan fingerprint density at radius 3 is 2.26 bits per heavy atom. The SMILES string of the molecule is NC(=O)c1ccc(OCC(F)(F)C(F)F)c(NC(=O)c2ccc(Br)cc2)c1. The molecule has 0 fully saturated rings.